The Morgan fingerprint density at radius 2 is 1.43 bits per heavy atom. The third-order valence-corrected chi connectivity index (χ3v) is 0. The van der Waals surface area contributed by atoms with Crippen molar-refractivity contribution >= 4 is 37.7 Å². The molecule has 0 aliphatic heterocycles. The van der Waals surface area contributed by atoms with E-state index in [-0.39, 0.29) is 109 Å². The van der Waals surface area contributed by atoms with Crippen LogP contribution >= 0.6 is 0 Å². The molecule has 0 spiro atoms. The monoisotopic (exact) mass is 370 g/mol. The van der Waals surface area contributed by atoms with E-state index in [0.29, 0.717) is 0 Å². The molecule has 0 atom stereocenters. The van der Waals surface area contributed by atoms with Crippen molar-refractivity contribution in [3.05, 3.63) is 0 Å². The van der Waals surface area contributed by atoms with E-state index in [1.165, 1.54) is 0 Å². The molecule has 0 aromatic carbocycles. The molecule has 1 N–H and O–H groups in total. The van der Waals surface area contributed by atoms with Crippen LogP contribution in [0.3, 0.4) is 0 Å². The minimum absolute atomic E-state index is 0. The Balaban J connectivity index is -0.00000000450. The van der Waals surface area contributed by atoms with Crippen molar-refractivity contribution < 1.29 is 97.9 Å². The van der Waals surface area contributed by atoms with Crippen molar-refractivity contribution in [3.8, 4) is 0 Å². The number of hydrogen-bond donors (Lipinski definition) is 1. The average Bonchev–Trinajstić information content (AvgIpc) is 0.811. The molecule has 0 aliphatic rings. The molecular formula is H3CaLaO3VY. The first-order valence-electron chi connectivity index (χ1n) is 0.565. The zero-order valence-electron chi connectivity index (χ0n) is 5.57. The third kappa shape index (κ3) is 42.0. The number of hydrogen-bond acceptors (Lipinski definition) is 2. The molecule has 0 unspecified atom stereocenters. The van der Waals surface area contributed by atoms with Gasteiger partial charge in [-0.25, -0.2) is 0 Å². The van der Waals surface area contributed by atoms with Gasteiger partial charge in [-0.3, -0.25) is 0 Å². The maximum absolute atomic E-state index is 8.67. The van der Waals surface area contributed by atoms with Crippen LogP contribution in [0.2, 0.25) is 0 Å². The molecule has 0 heterocycles. The molecule has 34 valence electrons. The second-order valence-electron chi connectivity index (χ2n) is 0.238. The quantitative estimate of drug-likeness (QED) is 0.560. The van der Waals surface area contributed by atoms with Gasteiger partial charge in [-0.1, -0.05) is 0 Å². The molecule has 7 heavy (non-hydrogen) atoms. The molecule has 0 amide bonds. The molecule has 0 aromatic rings. The predicted octanol–water partition coefficient (Wildman–Crippen LogP) is -0.955. The minimum atomic E-state index is -3.69. The van der Waals surface area contributed by atoms with Crippen LogP contribution in [0.25, 0.3) is 0 Å². The Labute approximate surface area is 132 Å². The van der Waals surface area contributed by atoms with E-state index in [4.69, 9.17) is 11.4 Å². The van der Waals surface area contributed by atoms with Gasteiger partial charge >= 0.3 is 64.5 Å². The second kappa shape index (κ2) is 16.4. The molecular weight excluding hydrogens is 367 g/mol. The Bertz CT molecular complexity index is 70.2. The molecule has 2 radical (unpaired) electrons. The summed E-state index contributed by atoms with van der Waals surface area (Å²) in [5, 5.41) is 0. The Morgan fingerprint density at radius 3 is 1.43 bits per heavy atom. The summed E-state index contributed by atoms with van der Waals surface area (Å²) >= 11 is -3.69. The van der Waals surface area contributed by atoms with Gasteiger partial charge in [-0.2, -0.15) is 0 Å². The Hall–Kier alpha value is 3.70. The molecule has 0 saturated heterocycles. The van der Waals surface area contributed by atoms with Crippen LogP contribution in [0, 0.1) is 35.6 Å². The summed E-state index contributed by atoms with van der Waals surface area (Å²) < 4.78 is 24.4. The van der Waals surface area contributed by atoms with E-state index in [9.17, 15) is 0 Å². The first kappa shape index (κ1) is 22.4. The largest absolute Gasteiger partial charge is 0 e. The van der Waals surface area contributed by atoms with Gasteiger partial charge in [0.15, 0.2) is 0 Å². The maximum Gasteiger partial charge on any atom is 0 e. The summed E-state index contributed by atoms with van der Waals surface area (Å²) in [4.78, 5) is 0. The van der Waals surface area contributed by atoms with Gasteiger partial charge in [0.25, 0.3) is 0 Å². The van der Waals surface area contributed by atoms with Crippen LogP contribution in [0.4, 0.5) is 0 Å². The zero-order chi connectivity index (χ0) is 3.58. The molecule has 0 bridgehead atoms. The van der Waals surface area contributed by atoms with Gasteiger partial charge in [0.05, 0.1) is 0 Å². The van der Waals surface area contributed by atoms with Crippen LogP contribution in [0.15, 0.2) is 0 Å². The summed E-state index contributed by atoms with van der Waals surface area (Å²) in [5.74, 6) is 0. The standard InChI is InChI=1S/Ca.La.H2O.2O.V.Y.2H/h;;1H2;;;;;;/q+2;;;;;+1;;2*-1/p-1. The smallest absolute Gasteiger partial charge is 0 e. The predicted molar refractivity (Wildman–Crippen MR) is 11.6 cm³/mol. The summed E-state index contributed by atoms with van der Waals surface area (Å²) in [6, 6.07) is 0. The van der Waals surface area contributed by atoms with Gasteiger partial charge in [-0.15, -0.1) is 0 Å². The van der Waals surface area contributed by atoms with E-state index in [1.54, 1.807) is 0 Å². The summed E-state index contributed by atoms with van der Waals surface area (Å²) in [7, 11) is 0. The minimum Gasteiger partial charge on any atom is 0 e. The van der Waals surface area contributed by atoms with E-state index in [2.05, 4.69) is 0 Å². The van der Waals surface area contributed by atoms with Crippen LogP contribution in [0.5, 0.6) is 0 Å². The second-order valence-corrected chi connectivity index (χ2v) is 0.981. The fourth-order valence-corrected chi connectivity index (χ4v) is 0. The molecule has 0 aromatic heterocycles. The van der Waals surface area contributed by atoms with Crippen molar-refractivity contribution in [2.75, 3.05) is 0 Å². The van der Waals surface area contributed by atoms with Crippen LogP contribution in [-0.4, -0.2) is 41.8 Å². The zero-order valence-corrected chi connectivity index (χ0v) is 13.6. The van der Waals surface area contributed by atoms with Crippen molar-refractivity contribution in [1.29, 1.82) is 0 Å². The molecule has 7 heteroatoms. The van der Waals surface area contributed by atoms with E-state index in [0.717, 1.165) is 0 Å². The molecule has 3 nitrogen and oxygen atoms in total. The van der Waals surface area contributed by atoms with Gasteiger partial charge in [0, 0.05) is 68.3 Å². The van der Waals surface area contributed by atoms with Crippen molar-refractivity contribution in [2.24, 2.45) is 0 Å². The summed E-state index contributed by atoms with van der Waals surface area (Å²) in [5.41, 5.74) is 0. The molecule has 0 rings (SSSR count). The maximum atomic E-state index is 8.67. The van der Waals surface area contributed by atoms with E-state index >= 15 is 0 Å². The van der Waals surface area contributed by atoms with Crippen LogP contribution in [-0.2, 0) is 55.5 Å². The molecule has 0 saturated carbocycles. The SMILES string of the molecule is [Ca+2].[H-].[H-].[La].[O]=[V](=[O])[OH].[Y]. The average molecular weight is 370 g/mol. The summed E-state index contributed by atoms with van der Waals surface area (Å²) in [6.07, 6.45) is 0. The van der Waals surface area contributed by atoms with Gasteiger partial charge in [0.2, 0.25) is 0 Å². The van der Waals surface area contributed by atoms with Crippen LogP contribution < -0.4 is 0 Å². The van der Waals surface area contributed by atoms with E-state index < -0.39 is 15.4 Å². The third-order valence-electron chi connectivity index (χ3n) is 0. The molecule has 0 aliphatic carbocycles. The van der Waals surface area contributed by atoms with Crippen LogP contribution in [0.1, 0.15) is 2.85 Å². The van der Waals surface area contributed by atoms with Gasteiger partial charge in [0.1, 0.15) is 0 Å². The van der Waals surface area contributed by atoms with Crippen molar-refractivity contribution in [3.63, 3.8) is 0 Å². The van der Waals surface area contributed by atoms with Crippen molar-refractivity contribution in [1.82, 2.24) is 0 Å². The topological polar surface area (TPSA) is 54.4 Å². The fraction of sp³-hybridized carbons (Fsp3) is 0. The Kier molecular flexibility index (Phi) is 52.4. The first-order chi connectivity index (χ1) is 1.73. The fourth-order valence-electron chi connectivity index (χ4n) is 0. The molecule has 0 fully saturated rings. The van der Waals surface area contributed by atoms with Crippen molar-refractivity contribution in [2.45, 2.75) is 0 Å². The Morgan fingerprint density at radius 1 is 1.43 bits per heavy atom. The van der Waals surface area contributed by atoms with Gasteiger partial charge < -0.3 is 2.85 Å². The first-order valence-corrected chi connectivity index (χ1v) is 2.33. The number of rotatable bonds is 0. The summed E-state index contributed by atoms with van der Waals surface area (Å²) in [6.45, 7) is 0. The normalized spacial score (nSPS) is 3.57. The van der Waals surface area contributed by atoms with E-state index in [1.807, 2.05) is 0 Å². The van der Waals surface area contributed by atoms with Gasteiger partial charge in [-0.05, 0) is 0 Å².